The van der Waals surface area contributed by atoms with E-state index in [9.17, 15) is 0 Å². The first-order chi connectivity index (χ1) is 9.83. The second-order valence-electron chi connectivity index (χ2n) is 5.23. The van der Waals surface area contributed by atoms with Crippen LogP contribution in [0.4, 0.5) is 11.4 Å². The van der Waals surface area contributed by atoms with Crippen molar-refractivity contribution in [3.63, 3.8) is 0 Å². The lowest BCUT2D eigenvalue weighted by Crippen LogP contribution is -2.26. The van der Waals surface area contributed by atoms with Crippen molar-refractivity contribution >= 4 is 11.4 Å². The van der Waals surface area contributed by atoms with Gasteiger partial charge in [0.25, 0.3) is 0 Å². The summed E-state index contributed by atoms with van der Waals surface area (Å²) in [4.78, 5) is 2.17. The fourth-order valence-corrected chi connectivity index (χ4v) is 2.64. The normalized spacial score (nSPS) is 19.4. The maximum absolute atomic E-state index is 9.06. The van der Waals surface area contributed by atoms with Gasteiger partial charge in [-0.1, -0.05) is 0 Å². The van der Waals surface area contributed by atoms with Crippen LogP contribution in [0.1, 0.15) is 26.2 Å². The molecule has 1 aliphatic heterocycles. The number of anilines is 2. The van der Waals surface area contributed by atoms with Gasteiger partial charge in [-0.05, 0) is 50.5 Å². The van der Waals surface area contributed by atoms with E-state index in [4.69, 9.17) is 9.84 Å². The zero-order chi connectivity index (χ0) is 14.2. The summed E-state index contributed by atoms with van der Waals surface area (Å²) in [6.07, 6.45) is 3.39. The van der Waals surface area contributed by atoms with Crippen LogP contribution < -0.4 is 10.2 Å². The number of hydrogen-bond donors (Lipinski definition) is 2. The summed E-state index contributed by atoms with van der Waals surface area (Å²) in [5, 5.41) is 12.6. The molecule has 0 saturated carbocycles. The predicted octanol–water partition coefficient (Wildman–Crippen LogP) is 2.49. The molecule has 112 valence electrons. The second-order valence-corrected chi connectivity index (χ2v) is 5.23. The number of nitrogens with zero attached hydrogens (tertiary/aromatic N) is 1. The van der Waals surface area contributed by atoms with Crippen molar-refractivity contribution in [3.8, 4) is 0 Å². The molecular formula is C16H26N2O2. The summed E-state index contributed by atoms with van der Waals surface area (Å²) >= 11 is 0. The summed E-state index contributed by atoms with van der Waals surface area (Å²) in [6.45, 7) is 5.64. The van der Waals surface area contributed by atoms with Gasteiger partial charge in [0.05, 0.1) is 6.61 Å². The standard InChI is InChI=1S/C16H26N2O2/c1-2-18(10-11-19)16-7-5-15(6-8-16)17-14-4-3-12-20-13-9-14/h5-8,14,17,19H,2-4,9-13H2,1H3. The largest absolute Gasteiger partial charge is 0.395 e. The fraction of sp³-hybridized carbons (Fsp3) is 0.625. The quantitative estimate of drug-likeness (QED) is 0.839. The van der Waals surface area contributed by atoms with Gasteiger partial charge in [-0.15, -0.1) is 0 Å². The minimum absolute atomic E-state index is 0.190. The van der Waals surface area contributed by atoms with Crippen molar-refractivity contribution in [3.05, 3.63) is 24.3 Å². The first-order valence-electron chi connectivity index (χ1n) is 7.63. The van der Waals surface area contributed by atoms with Gasteiger partial charge in [0.15, 0.2) is 0 Å². The summed E-state index contributed by atoms with van der Waals surface area (Å²) in [5.74, 6) is 0. The van der Waals surface area contributed by atoms with E-state index in [1.165, 1.54) is 12.1 Å². The predicted molar refractivity (Wildman–Crippen MR) is 83.5 cm³/mol. The molecule has 1 heterocycles. The Morgan fingerprint density at radius 2 is 2.05 bits per heavy atom. The maximum atomic E-state index is 9.06. The fourth-order valence-electron chi connectivity index (χ4n) is 2.64. The van der Waals surface area contributed by atoms with Gasteiger partial charge in [0.1, 0.15) is 0 Å². The highest BCUT2D eigenvalue weighted by Gasteiger charge is 2.12. The molecule has 0 aliphatic carbocycles. The maximum Gasteiger partial charge on any atom is 0.0606 e. The van der Waals surface area contributed by atoms with Gasteiger partial charge in [0, 0.05) is 43.7 Å². The van der Waals surface area contributed by atoms with Crippen LogP contribution in [-0.4, -0.2) is 44.1 Å². The molecule has 0 amide bonds. The number of aliphatic hydroxyl groups excluding tert-OH is 1. The number of hydrogen-bond acceptors (Lipinski definition) is 4. The van der Waals surface area contributed by atoms with Crippen molar-refractivity contribution in [1.82, 2.24) is 0 Å². The third-order valence-electron chi connectivity index (χ3n) is 3.81. The topological polar surface area (TPSA) is 44.7 Å². The van der Waals surface area contributed by atoms with Crippen molar-refractivity contribution in [2.45, 2.75) is 32.2 Å². The smallest absolute Gasteiger partial charge is 0.0606 e. The van der Waals surface area contributed by atoms with E-state index >= 15 is 0 Å². The highest BCUT2D eigenvalue weighted by atomic mass is 16.5. The van der Waals surface area contributed by atoms with E-state index in [0.717, 1.165) is 38.3 Å². The van der Waals surface area contributed by atoms with Crippen molar-refractivity contribution in [1.29, 1.82) is 0 Å². The number of benzene rings is 1. The van der Waals surface area contributed by atoms with Gasteiger partial charge < -0.3 is 20.1 Å². The van der Waals surface area contributed by atoms with Crippen molar-refractivity contribution < 1.29 is 9.84 Å². The Bertz CT molecular complexity index is 373. The Labute approximate surface area is 121 Å². The van der Waals surface area contributed by atoms with E-state index < -0.39 is 0 Å². The van der Waals surface area contributed by atoms with Crippen molar-refractivity contribution in [2.24, 2.45) is 0 Å². The first-order valence-corrected chi connectivity index (χ1v) is 7.63. The van der Waals surface area contributed by atoms with Crippen LogP contribution in [0.15, 0.2) is 24.3 Å². The van der Waals surface area contributed by atoms with E-state index in [-0.39, 0.29) is 6.61 Å². The molecule has 1 unspecified atom stereocenters. The Balaban J connectivity index is 1.93. The van der Waals surface area contributed by atoms with E-state index in [1.54, 1.807) is 0 Å². The number of rotatable bonds is 6. The van der Waals surface area contributed by atoms with E-state index in [2.05, 4.69) is 41.4 Å². The molecule has 20 heavy (non-hydrogen) atoms. The third kappa shape index (κ3) is 4.39. The molecule has 0 radical (unpaired) electrons. The highest BCUT2D eigenvalue weighted by Crippen LogP contribution is 2.20. The minimum Gasteiger partial charge on any atom is -0.395 e. The molecule has 2 N–H and O–H groups in total. The second kappa shape index (κ2) is 8.12. The van der Waals surface area contributed by atoms with Crippen LogP contribution in [0.25, 0.3) is 0 Å². The van der Waals surface area contributed by atoms with Gasteiger partial charge >= 0.3 is 0 Å². The molecule has 0 aromatic heterocycles. The first kappa shape index (κ1) is 15.1. The SMILES string of the molecule is CCN(CCO)c1ccc(NC2CCCOCC2)cc1. The van der Waals surface area contributed by atoms with Crippen LogP contribution in [0, 0.1) is 0 Å². The molecule has 0 bridgehead atoms. The van der Waals surface area contributed by atoms with Crippen LogP contribution >= 0.6 is 0 Å². The van der Waals surface area contributed by atoms with Crippen LogP contribution in [0.5, 0.6) is 0 Å². The molecule has 4 nitrogen and oxygen atoms in total. The summed E-state index contributed by atoms with van der Waals surface area (Å²) in [7, 11) is 0. The van der Waals surface area contributed by atoms with Gasteiger partial charge in [0.2, 0.25) is 0 Å². The molecule has 1 atom stereocenters. The zero-order valence-electron chi connectivity index (χ0n) is 12.3. The lowest BCUT2D eigenvalue weighted by Gasteiger charge is -2.23. The Kier molecular flexibility index (Phi) is 6.15. The molecule has 0 spiro atoms. The molecular weight excluding hydrogens is 252 g/mol. The molecule has 1 saturated heterocycles. The molecule has 4 heteroatoms. The third-order valence-corrected chi connectivity index (χ3v) is 3.81. The summed E-state index contributed by atoms with van der Waals surface area (Å²) < 4.78 is 5.48. The molecule has 1 aromatic rings. The van der Waals surface area contributed by atoms with Gasteiger partial charge in [-0.3, -0.25) is 0 Å². The minimum atomic E-state index is 0.190. The molecule has 1 aliphatic rings. The number of aliphatic hydroxyl groups is 1. The summed E-state index contributed by atoms with van der Waals surface area (Å²) in [6, 6.07) is 9.01. The van der Waals surface area contributed by atoms with Gasteiger partial charge in [-0.2, -0.15) is 0 Å². The highest BCUT2D eigenvalue weighted by molar-refractivity contribution is 5.55. The number of nitrogens with one attached hydrogen (secondary N) is 1. The Morgan fingerprint density at radius 1 is 1.25 bits per heavy atom. The zero-order valence-corrected chi connectivity index (χ0v) is 12.3. The van der Waals surface area contributed by atoms with Crippen LogP contribution in [0.2, 0.25) is 0 Å². The monoisotopic (exact) mass is 278 g/mol. The average Bonchev–Trinajstić information content (AvgIpc) is 2.74. The van der Waals surface area contributed by atoms with E-state index in [0.29, 0.717) is 12.6 Å². The molecule has 2 rings (SSSR count). The molecule has 1 aromatic carbocycles. The lowest BCUT2D eigenvalue weighted by molar-refractivity contribution is 0.144. The van der Waals surface area contributed by atoms with E-state index in [1.807, 2.05) is 0 Å². The van der Waals surface area contributed by atoms with Crippen LogP contribution in [-0.2, 0) is 4.74 Å². The lowest BCUT2D eigenvalue weighted by atomic mass is 10.1. The average molecular weight is 278 g/mol. The number of ether oxygens (including phenoxy) is 1. The Hall–Kier alpha value is -1.26. The number of likely N-dealkylation sites (N-methyl/N-ethyl adjacent to an activating group) is 1. The Morgan fingerprint density at radius 3 is 2.75 bits per heavy atom. The van der Waals surface area contributed by atoms with Crippen LogP contribution in [0.3, 0.4) is 0 Å². The molecule has 1 fully saturated rings. The van der Waals surface area contributed by atoms with Gasteiger partial charge in [-0.25, -0.2) is 0 Å². The summed E-state index contributed by atoms with van der Waals surface area (Å²) in [5.41, 5.74) is 2.33. The van der Waals surface area contributed by atoms with Crippen molar-refractivity contribution in [2.75, 3.05) is 43.1 Å².